The maximum Gasteiger partial charge on any atom is 0.256 e. The Bertz CT molecular complexity index is 1050. The van der Waals surface area contributed by atoms with Crippen LogP contribution in [-0.2, 0) is 0 Å². The lowest BCUT2D eigenvalue weighted by Crippen LogP contribution is -2.28. The van der Waals surface area contributed by atoms with Crippen molar-refractivity contribution in [3.8, 4) is 5.75 Å². The fraction of sp³-hybridized carbons (Fsp3) is 0.217. The molecule has 0 unspecified atom stereocenters. The van der Waals surface area contributed by atoms with E-state index in [9.17, 15) is 4.79 Å². The Labute approximate surface area is 171 Å². The molecule has 0 heterocycles. The number of thiol groups is 1. The lowest BCUT2D eigenvalue weighted by molar-refractivity contribution is 0.0977. The molecule has 1 N–H and O–H groups in total. The maximum absolute atomic E-state index is 12.6. The molecule has 0 saturated carbocycles. The van der Waals surface area contributed by atoms with Crippen LogP contribution >= 0.6 is 12.6 Å². The molecule has 0 spiro atoms. The molecule has 0 fully saturated rings. The number of hydrogen-bond donors (Lipinski definition) is 2. The van der Waals surface area contributed by atoms with Crippen LogP contribution in [0.15, 0.2) is 70.6 Å². The Balaban J connectivity index is 1.75. The minimum atomic E-state index is -0.283. The van der Waals surface area contributed by atoms with Crippen LogP contribution in [-0.4, -0.2) is 17.3 Å². The number of hydrogen-bond acceptors (Lipinski definition) is 4. The van der Waals surface area contributed by atoms with E-state index in [0.29, 0.717) is 22.0 Å². The Morgan fingerprint density at radius 2 is 1.71 bits per heavy atom. The second kappa shape index (κ2) is 8.07. The summed E-state index contributed by atoms with van der Waals surface area (Å²) in [6, 6.07) is 19.1. The molecular weight excluding hydrogens is 368 g/mol. The Morgan fingerprint density at radius 3 is 2.39 bits per heavy atom. The molecule has 28 heavy (non-hydrogen) atoms. The quantitative estimate of drug-likeness (QED) is 0.337. The van der Waals surface area contributed by atoms with E-state index in [0.717, 1.165) is 16.5 Å². The lowest BCUT2D eigenvalue weighted by Gasteiger charge is -2.21. The summed E-state index contributed by atoms with van der Waals surface area (Å²) in [7, 11) is 0. The van der Waals surface area contributed by atoms with E-state index < -0.39 is 0 Å². The van der Waals surface area contributed by atoms with E-state index in [-0.39, 0.29) is 11.5 Å². The van der Waals surface area contributed by atoms with E-state index in [1.54, 1.807) is 6.92 Å². The molecule has 144 valence electrons. The number of amidine groups is 1. The monoisotopic (exact) mass is 392 g/mol. The number of rotatable bonds is 3. The Hall–Kier alpha value is -2.79. The van der Waals surface area contributed by atoms with Crippen molar-refractivity contribution in [2.24, 2.45) is 4.99 Å². The summed E-state index contributed by atoms with van der Waals surface area (Å²) < 4.78 is 5.83. The number of amides is 1. The zero-order valence-electron chi connectivity index (χ0n) is 16.5. The van der Waals surface area contributed by atoms with Gasteiger partial charge in [0.1, 0.15) is 17.2 Å². The van der Waals surface area contributed by atoms with Gasteiger partial charge in [0, 0.05) is 10.5 Å². The Kier molecular flexibility index (Phi) is 5.75. The zero-order valence-corrected chi connectivity index (χ0v) is 17.4. The molecule has 3 rings (SSSR count). The van der Waals surface area contributed by atoms with Gasteiger partial charge in [0.05, 0.1) is 5.69 Å². The second-order valence-corrected chi connectivity index (χ2v) is 8.06. The van der Waals surface area contributed by atoms with Gasteiger partial charge in [-0.1, -0.05) is 30.3 Å². The van der Waals surface area contributed by atoms with Gasteiger partial charge < -0.3 is 10.1 Å². The van der Waals surface area contributed by atoms with Crippen molar-refractivity contribution in [3.05, 3.63) is 66.2 Å². The van der Waals surface area contributed by atoms with Gasteiger partial charge in [-0.3, -0.25) is 4.79 Å². The highest BCUT2D eigenvalue weighted by Gasteiger charge is 2.13. The molecule has 3 aromatic rings. The van der Waals surface area contributed by atoms with Crippen molar-refractivity contribution in [1.29, 1.82) is 0 Å². The number of carbonyl (C=O) groups excluding carboxylic acids is 1. The van der Waals surface area contributed by atoms with Crippen LogP contribution in [0.25, 0.3) is 10.8 Å². The standard InChI is InChI=1S/C23H24N2O2S/c1-15(24-20-12-11-19(14-21(20)28)27-23(2,3)4)25-22(26)18-10-9-16-7-5-6-8-17(16)13-18/h5-14,28H,1-4H3,(H,24,25,26). The SMILES string of the molecule is CC(=Nc1ccc(OC(C)(C)C)cc1S)NC(=O)c1ccc2ccccc2c1. The molecule has 0 aromatic heterocycles. The molecule has 3 aromatic carbocycles. The van der Waals surface area contributed by atoms with Crippen molar-refractivity contribution in [2.75, 3.05) is 0 Å². The van der Waals surface area contributed by atoms with E-state index in [4.69, 9.17) is 4.74 Å². The molecular formula is C23H24N2O2S. The summed E-state index contributed by atoms with van der Waals surface area (Å²) >= 11 is 4.49. The van der Waals surface area contributed by atoms with Gasteiger partial charge >= 0.3 is 0 Å². The van der Waals surface area contributed by atoms with Crippen LogP contribution in [0.4, 0.5) is 5.69 Å². The minimum Gasteiger partial charge on any atom is -0.488 e. The van der Waals surface area contributed by atoms with Crippen LogP contribution in [0.5, 0.6) is 5.75 Å². The van der Waals surface area contributed by atoms with Crippen molar-refractivity contribution in [3.63, 3.8) is 0 Å². The van der Waals surface area contributed by atoms with Gasteiger partial charge in [-0.15, -0.1) is 12.6 Å². The molecule has 0 aliphatic heterocycles. The van der Waals surface area contributed by atoms with Crippen molar-refractivity contribution < 1.29 is 9.53 Å². The number of carbonyl (C=O) groups is 1. The maximum atomic E-state index is 12.6. The summed E-state index contributed by atoms with van der Waals surface area (Å²) in [5, 5.41) is 4.96. The van der Waals surface area contributed by atoms with Crippen LogP contribution in [0.2, 0.25) is 0 Å². The van der Waals surface area contributed by atoms with Crippen LogP contribution in [0.1, 0.15) is 38.1 Å². The molecule has 0 atom stereocenters. The molecule has 0 aliphatic rings. The summed E-state index contributed by atoms with van der Waals surface area (Å²) in [4.78, 5) is 17.7. The predicted molar refractivity (Wildman–Crippen MR) is 118 cm³/mol. The van der Waals surface area contributed by atoms with Crippen molar-refractivity contribution in [1.82, 2.24) is 5.32 Å². The highest BCUT2D eigenvalue weighted by molar-refractivity contribution is 7.80. The third-order valence-electron chi connectivity index (χ3n) is 3.97. The average Bonchev–Trinajstić information content (AvgIpc) is 2.62. The number of nitrogens with one attached hydrogen (secondary N) is 1. The first-order valence-electron chi connectivity index (χ1n) is 9.09. The van der Waals surface area contributed by atoms with Gasteiger partial charge in [0.25, 0.3) is 5.91 Å². The molecule has 0 aliphatic carbocycles. The first-order chi connectivity index (χ1) is 13.2. The topological polar surface area (TPSA) is 50.7 Å². The third kappa shape index (κ3) is 5.14. The fourth-order valence-corrected chi connectivity index (χ4v) is 3.04. The Morgan fingerprint density at radius 1 is 1.00 bits per heavy atom. The first kappa shape index (κ1) is 20.0. The van der Waals surface area contributed by atoms with Crippen molar-refractivity contribution >= 4 is 40.8 Å². The molecule has 1 amide bonds. The van der Waals surface area contributed by atoms with E-state index >= 15 is 0 Å². The van der Waals surface area contributed by atoms with Gasteiger partial charge in [0.15, 0.2) is 0 Å². The highest BCUT2D eigenvalue weighted by Crippen LogP contribution is 2.29. The van der Waals surface area contributed by atoms with Gasteiger partial charge in [-0.25, -0.2) is 4.99 Å². The largest absolute Gasteiger partial charge is 0.488 e. The van der Waals surface area contributed by atoms with E-state index in [1.807, 2.05) is 81.4 Å². The first-order valence-corrected chi connectivity index (χ1v) is 9.53. The number of nitrogens with zero attached hydrogens (tertiary/aromatic N) is 1. The zero-order chi connectivity index (χ0) is 20.3. The summed E-state index contributed by atoms with van der Waals surface area (Å²) in [5.41, 5.74) is 0.976. The molecule has 0 bridgehead atoms. The normalized spacial score (nSPS) is 12.1. The summed E-state index contributed by atoms with van der Waals surface area (Å²) in [6.45, 7) is 7.73. The fourth-order valence-electron chi connectivity index (χ4n) is 2.79. The van der Waals surface area contributed by atoms with E-state index in [1.165, 1.54) is 0 Å². The number of fused-ring (bicyclic) bond motifs is 1. The highest BCUT2D eigenvalue weighted by atomic mass is 32.1. The molecule has 0 radical (unpaired) electrons. The summed E-state index contributed by atoms with van der Waals surface area (Å²) in [6.07, 6.45) is 0. The second-order valence-electron chi connectivity index (χ2n) is 7.58. The number of benzene rings is 3. The van der Waals surface area contributed by atoms with E-state index in [2.05, 4.69) is 22.9 Å². The van der Waals surface area contributed by atoms with Crippen LogP contribution < -0.4 is 10.1 Å². The minimum absolute atomic E-state index is 0.194. The molecule has 0 saturated heterocycles. The van der Waals surface area contributed by atoms with Gasteiger partial charge in [0.2, 0.25) is 0 Å². The summed E-state index contributed by atoms with van der Waals surface area (Å²) in [5.74, 6) is 1.03. The number of aliphatic imine (C=N–C) groups is 1. The van der Waals surface area contributed by atoms with Crippen LogP contribution in [0.3, 0.4) is 0 Å². The predicted octanol–water partition coefficient (Wildman–Crippen LogP) is 5.79. The average molecular weight is 393 g/mol. The van der Waals surface area contributed by atoms with Crippen LogP contribution in [0, 0.1) is 0 Å². The van der Waals surface area contributed by atoms with Gasteiger partial charge in [-0.2, -0.15) is 0 Å². The molecule has 5 heteroatoms. The van der Waals surface area contributed by atoms with Gasteiger partial charge in [-0.05, 0) is 68.8 Å². The number of ether oxygens (including phenoxy) is 1. The third-order valence-corrected chi connectivity index (χ3v) is 4.32. The molecule has 4 nitrogen and oxygen atoms in total. The van der Waals surface area contributed by atoms with Crippen molar-refractivity contribution in [2.45, 2.75) is 38.2 Å². The smallest absolute Gasteiger partial charge is 0.256 e. The lowest BCUT2D eigenvalue weighted by atomic mass is 10.1.